The highest BCUT2D eigenvalue weighted by Gasteiger charge is 2.15. The van der Waals surface area contributed by atoms with Crippen LogP contribution in [0.4, 0.5) is 11.5 Å². The molecular weight excluding hydrogens is 326 g/mol. The zero-order chi connectivity index (χ0) is 14.7. The molecule has 2 aromatic rings. The van der Waals surface area contributed by atoms with Crippen LogP contribution in [0, 0.1) is 0 Å². The highest BCUT2D eigenvalue weighted by Crippen LogP contribution is 2.21. The van der Waals surface area contributed by atoms with Crippen molar-refractivity contribution in [2.45, 2.75) is 0 Å². The molecule has 0 aliphatic heterocycles. The van der Waals surface area contributed by atoms with Crippen LogP contribution >= 0.6 is 15.9 Å². The average Bonchev–Trinajstić information content (AvgIpc) is 2.38. The van der Waals surface area contributed by atoms with E-state index in [0.717, 1.165) is 10.7 Å². The zero-order valence-corrected chi connectivity index (χ0v) is 11.7. The van der Waals surface area contributed by atoms with Gasteiger partial charge in [0.05, 0.1) is 6.20 Å². The molecule has 7 nitrogen and oxygen atoms in total. The summed E-state index contributed by atoms with van der Waals surface area (Å²) in [6, 6.07) is 7.16. The Balaban J connectivity index is 2.44. The number of hydrogen-bond acceptors (Lipinski definition) is 5. The summed E-state index contributed by atoms with van der Waals surface area (Å²) in [6.45, 7) is 0. The number of primary amides is 2. The van der Waals surface area contributed by atoms with Gasteiger partial charge in [-0.2, -0.15) is 0 Å². The van der Waals surface area contributed by atoms with Gasteiger partial charge in [0, 0.05) is 10.2 Å². The van der Waals surface area contributed by atoms with Gasteiger partial charge in [-0.15, -0.1) is 0 Å². The molecular formula is C12H10BrN5O2. The number of hydrogen-bond donors (Lipinski definition) is 3. The van der Waals surface area contributed by atoms with Gasteiger partial charge in [0.1, 0.15) is 5.69 Å². The number of nitrogens with two attached hydrogens (primary N) is 2. The predicted molar refractivity (Wildman–Crippen MR) is 76.5 cm³/mol. The number of aromatic nitrogens is 2. The van der Waals surface area contributed by atoms with Crippen molar-refractivity contribution in [3.8, 4) is 0 Å². The first kappa shape index (κ1) is 13.9. The third-order valence-corrected chi connectivity index (χ3v) is 2.84. The number of carbonyl (C=O) groups excluding carboxylic acids is 2. The van der Waals surface area contributed by atoms with E-state index in [-0.39, 0.29) is 17.2 Å². The van der Waals surface area contributed by atoms with Gasteiger partial charge < -0.3 is 16.8 Å². The van der Waals surface area contributed by atoms with Gasteiger partial charge in [-0.05, 0) is 18.2 Å². The number of nitrogens with zero attached hydrogens (tertiary/aromatic N) is 2. The maximum Gasteiger partial charge on any atom is 0.271 e. The second kappa shape index (κ2) is 5.66. The van der Waals surface area contributed by atoms with Crippen LogP contribution in [0.3, 0.4) is 0 Å². The highest BCUT2D eigenvalue weighted by molar-refractivity contribution is 9.10. The summed E-state index contributed by atoms with van der Waals surface area (Å²) in [5.74, 6) is -1.43. The molecule has 0 unspecified atom stereocenters. The molecule has 1 heterocycles. The summed E-state index contributed by atoms with van der Waals surface area (Å²) in [7, 11) is 0. The molecule has 102 valence electrons. The topological polar surface area (TPSA) is 124 Å². The summed E-state index contributed by atoms with van der Waals surface area (Å²) < 4.78 is 0.835. The fourth-order valence-electron chi connectivity index (χ4n) is 1.48. The van der Waals surface area contributed by atoms with Crippen LogP contribution in [0.25, 0.3) is 0 Å². The highest BCUT2D eigenvalue weighted by atomic mass is 79.9. The van der Waals surface area contributed by atoms with Crippen molar-refractivity contribution in [1.29, 1.82) is 0 Å². The van der Waals surface area contributed by atoms with Gasteiger partial charge in [0.25, 0.3) is 11.8 Å². The summed E-state index contributed by atoms with van der Waals surface area (Å²) in [5.41, 5.74) is 10.9. The van der Waals surface area contributed by atoms with E-state index in [1.54, 1.807) is 18.2 Å². The molecule has 0 fully saturated rings. The number of anilines is 2. The van der Waals surface area contributed by atoms with Crippen LogP contribution in [0.15, 0.2) is 34.9 Å². The first-order valence-corrected chi connectivity index (χ1v) is 6.26. The Kier molecular flexibility index (Phi) is 3.94. The third-order valence-electron chi connectivity index (χ3n) is 2.35. The fraction of sp³-hybridized carbons (Fsp3) is 0. The largest absolute Gasteiger partial charge is 0.364 e. The maximum atomic E-state index is 11.3. The van der Waals surface area contributed by atoms with E-state index in [4.69, 9.17) is 11.5 Å². The Hall–Kier alpha value is -2.48. The first-order chi connectivity index (χ1) is 9.47. The minimum atomic E-state index is -0.758. The Morgan fingerprint density at radius 3 is 2.55 bits per heavy atom. The summed E-state index contributed by atoms with van der Waals surface area (Å²) in [5, 5.41) is 2.88. The Morgan fingerprint density at radius 2 is 1.95 bits per heavy atom. The lowest BCUT2D eigenvalue weighted by Crippen LogP contribution is -2.20. The van der Waals surface area contributed by atoms with Gasteiger partial charge in [0.2, 0.25) is 0 Å². The molecule has 8 heteroatoms. The van der Waals surface area contributed by atoms with Gasteiger partial charge >= 0.3 is 0 Å². The van der Waals surface area contributed by atoms with Crippen molar-refractivity contribution in [1.82, 2.24) is 9.97 Å². The standard InChI is InChI=1S/C12H10BrN5O2/c13-6-2-1-3-7(4-6)17-12-9(11(15)20)16-5-8(18-12)10(14)19/h1-5H,(H2,14,19)(H2,15,20)(H,17,18). The lowest BCUT2D eigenvalue weighted by molar-refractivity contribution is 0.0981. The van der Waals surface area contributed by atoms with Gasteiger partial charge in [-0.1, -0.05) is 22.0 Å². The van der Waals surface area contributed by atoms with Crippen molar-refractivity contribution < 1.29 is 9.59 Å². The molecule has 0 atom stereocenters. The molecule has 2 amide bonds. The SMILES string of the molecule is NC(=O)c1cnc(C(N)=O)c(Nc2cccc(Br)c2)n1. The van der Waals surface area contributed by atoms with Crippen LogP contribution in [-0.4, -0.2) is 21.8 Å². The molecule has 0 saturated heterocycles. The summed E-state index contributed by atoms with van der Waals surface area (Å²) in [4.78, 5) is 30.2. The van der Waals surface area contributed by atoms with Crippen molar-refractivity contribution in [2.75, 3.05) is 5.32 Å². The molecule has 0 spiro atoms. The Bertz CT molecular complexity index is 689. The first-order valence-electron chi connectivity index (χ1n) is 5.46. The van der Waals surface area contributed by atoms with Crippen molar-refractivity contribution in [3.63, 3.8) is 0 Å². The van der Waals surface area contributed by atoms with E-state index < -0.39 is 11.8 Å². The second-order valence-electron chi connectivity index (χ2n) is 3.82. The maximum absolute atomic E-state index is 11.3. The molecule has 0 radical (unpaired) electrons. The number of carbonyl (C=O) groups is 2. The van der Waals surface area contributed by atoms with E-state index in [0.29, 0.717) is 5.69 Å². The number of nitrogens with one attached hydrogen (secondary N) is 1. The Morgan fingerprint density at radius 1 is 1.20 bits per heavy atom. The third kappa shape index (κ3) is 3.09. The molecule has 0 aliphatic carbocycles. The predicted octanol–water partition coefficient (Wildman–Crippen LogP) is 1.18. The van der Waals surface area contributed by atoms with Crippen LogP contribution in [0.2, 0.25) is 0 Å². The quantitative estimate of drug-likeness (QED) is 0.773. The minimum Gasteiger partial charge on any atom is -0.364 e. The van der Waals surface area contributed by atoms with E-state index >= 15 is 0 Å². The lowest BCUT2D eigenvalue weighted by atomic mass is 10.3. The number of amides is 2. The van der Waals surface area contributed by atoms with Gasteiger partial charge in [-0.25, -0.2) is 9.97 Å². The molecule has 0 bridgehead atoms. The van der Waals surface area contributed by atoms with E-state index in [2.05, 4.69) is 31.2 Å². The molecule has 5 N–H and O–H groups in total. The van der Waals surface area contributed by atoms with Crippen LogP contribution in [0.1, 0.15) is 21.0 Å². The monoisotopic (exact) mass is 335 g/mol. The van der Waals surface area contributed by atoms with Crippen LogP contribution in [0.5, 0.6) is 0 Å². The molecule has 0 aliphatic rings. The van der Waals surface area contributed by atoms with Crippen molar-refractivity contribution in [2.24, 2.45) is 11.5 Å². The number of halogens is 1. The smallest absolute Gasteiger partial charge is 0.271 e. The van der Waals surface area contributed by atoms with Crippen molar-refractivity contribution >= 4 is 39.2 Å². The van der Waals surface area contributed by atoms with E-state index in [1.807, 2.05) is 6.07 Å². The molecule has 0 saturated carbocycles. The molecule has 20 heavy (non-hydrogen) atoms. The van der Waals surface area contributed by atoms with Crippen molar-refractivity contribution in [3.05, 3.63) is 46.3 Å². The molecule has 1 aromatic carbocycles. The summed E-state index contributed by atoms with van der Waals surface area (Å²) >= 11 is 3.32. The average molecular weight is 336 g/mol. The number of rotatable bonds is 4. The zero-order valence-electron chi connectivity index (χ0n) is 10.1. The second-order valence-corrected chi connectivity index (χ2v) is 4.73. The lowest BCUT2D eigenvalue weighted by Gasteiger charge is -2.09. The van der Waals surface area contributed by atoms with E-state index in [9.17, 15) is 9.59 Å². The van der Waals surface area contributed by atoms with E-state index in [1.165, 1.54) is 0 Å². The van der Waals surface area contributed by atoms with Gasteiger partial charge in [0.15, 0.2) is 11.5 Å². The number of benzene rings is 1. The normalized spacial score (nSPS) is 10.1. The molecule has 1 aromatic heterocycles. The fourth-order valence-corrected chi connectivity index (χ4v) is 1.88. The van der Waals surface area contributed by atoms with Crippen LogP contribution < -0.4 is 16.8 Å². The Labute approximate surface area is 122 Å². The summed E-state index contributed by atoms with van der Waals surface area (Å²) in [6.07, 6.45) is 1.11. The van der Waals surface area contributed by atoms with Crippen LogP contribution in [-0.2, 0) is 0 Å². The minimum absolute atomic E-state index is 0.0625. The van der Waals surface area contributed by atoms with Gasteiger partial charge in [-0.3, -0.25) is 9.59 Å². The molecule has 2 rings (SSSR count).